The molecule has 0 aliphatic heterocycles. The van der Waals surface area contributed by atoms with E-state index in [-0.39, 0.29) is 5.95 Å². The van der Waals surface area contributed by atoms with E-state index >= 15 is 0 Å². The molecule has 1 N–H and O–H groups in total. The molecule has 0 spiro atoms. The number of alkyl halides is 3. The summed E-state index contributed by atoms with van der Waals surface area (Å²) in [7, 11) is 0. The number of nitrogens with zero attached hydrogens (tertiary/aromatic N) is 5. The molecule has 25 heavy (non-hydrogen) atoms. The van der Waals surface area contributed by atoms with E-state index in [0.717, 1.165) is 5.69 Å². The third-order valence-electron chi connectivity index (χ3n) is 3.14. The minimum absolute atomic E-state index is 0.306. The number of aromatic nitrogens is 5. The summed E-state index contributed by atoms with van der Waals surface area (Å²) in [6.45, 7) is 1.77. The first kappa shape index (κ1) is 16.6. The smallest absolute Gasteiger partial charge is 0.319 e. The van der Waals surface area contributed by atoms with Crippen molar-refractivity contribution in [1.82, 2.24) is 24.5 Å². The number of halogens is 3. The van der Waals surface area contributed by atoms with Crippen molar-refractivity contribution in [3.63, 3.8) is 0 Å². The first-order valence-electron chi connectivity index (χ1n) is 7.01. The largest absolute Gasteiger partial charge is 0.433 e. The molecule has 1 amide bonds. The average Bonchev–Trinajstić information content (AvgIpc) is 3.10. The minimum Gasteiger partial charge on any atom is -0.319 e. The molecule has 7 nitrogen and oxygen atoms in total. The van der Waals surface area contributed by atoms with Crippen LogP contribution < -0.4 is 5.32 Å². The second-order valence-corrected chi connectivity index (χ2v) is 5.05. The predicted molar refractivity (Wildman–Crippen MR) is 81.1 cm³/mol. The van der Waals surface area contributed by atoms with E-state index < -0.39 is 23.5 Å². The van der Waals surface area contributed by atoms with Crippen molar-refractivity contribution in [3.05, 3.63) is 60.2 Å². The van der Waals surface area contributed by atoms with Gasteiger partial charge in [-0.3, -0.25) is 14.3 Å². The molecule has 0 atom stereocenters. The highest BCUT2D eigenvalue weighted by atomic mass is 19.4. The molecule has 0 radical (unpaired) electrons. The maximum absolute atomic E-state index is 13.1. The summed E-state index contributed by atoms with van der Waals surface area (Å²) in [5.41, 5.74) is -0.571. The number of carbonyl (C=O) groups excluding carboxylic acids is 1. The third-order valence-corrected chi connectivity index (χ3v) is 3.14. The number of nitrogens with one attached hydrogen (secondary N) is 1. The summed E-state index contributed by atoms with van der Waals surface area (Å²) >= 11 is 0. The van der Waals surface area contributed by atoms with Crippen molar-refractivity contribution in [2.45, 2.75) is 13.1 Å². The molecule has 0 bridgehead atoms. The Morgan fingerprint density at radius 2 is 2.04 bits per heavy atom. The molecule has 3 aromatic rings. The second kappa shape index (κ2) is 6.30. The van der Waals surface area contributed by atoms with E-state index in [1.165, 1.54) is 29.5 Å². The van der Waals surface area contributed by atoms with E-state index in [1.807, 2.05) is 0 Å². The number of aryl methyl sites for hydroxylation is 1. The van der Waals surface area contributed by atoms with Gasteiger partial charge in [0.05, 0.1) is 11.9 Å². The quantitative estimate of drug-likeness (QED) is 0.786. The van der Waals surface area contributed by atoms with Gasteiger partial charge in [-0.25, -0.2) is 15.0 Å². The van der Waals surface area contributed by atoms with Crippen molar-refractivity contribution in [1.29, 1.82) is 0 Å². The first-order chi connectivity index (χ1) is 11.8. The molecule has 0 saturated heterocycles. The average molecular weight is 348 g/mol. The lowest BCUT2D eigenvalue weighted by atomic mass is 10.3. The van der Waals surface area contributed by atoms with Gasteiger partial charge < -0.3 is 5.32 Å². The van der Waals surface area contributed by atoms with E-state index in [0.29, 0.717) is 11.8 Å². The normalized spacial score (nSPS) is 11.4. The van der Waals surface area contributed by atoms with E-state index in [2.05, 4.69) is 25.3 Å². The standard InChI is InChI=1S/C15H11F3N6O/c1-9-2-3-10(7-20-9)21-13(25)11-6-12(15(16,17)18)23-14(22-11)24-5-4-19-8-24/h2-8H,1H3,(H,21,25). The van der Waals surface area contributed by atoms with Crippen molar-refractivity contribution in [2.75, 3.05) is 5.32 Å². The Kier molecular flexibility index (Phi) is 4.17. The summed E-state index contributed by atoms with van der Waals surface area (Å²) in [6, 6.07) is 3.84. The number of rotatable bonds is 3. The van der Waals surface area contributed by atoms with Gasteiger partial charge in [0.25, 0.3) is 5.91 Å². The van der Waals surface area contributed by atoms with Crippen LogP contribution >= 0.6 is 0 Å². The maximum atomic E-state index is 13.1. The van der Waals surface area contributed by atoms with Crippen LogP contribution in [0.3, 0.4) is 0 Å². The predicted octanol–water partition coefficient (Wildman–Crippen LogP) is 2.64. The lowest BCUT2D eigenvalue weighted by molar-refractivity contribution is -0.141. The zero-order valence-electron chi connectivity index (χ0n) is 12.8. The molecule has 0 fully saturated rings. The van der Waals surface area contributed by atoms with Gasteiger partial charge in [0.2, 0.25) is 5.95 Å². The molecule has 0 aliphatic rings. The minimum atomic E-state index is -4.72. The summed E-state index contributed by atoms with van der Waals surface area (Å²) in [5, 5.41) is 2.45. The Bertz CT molecular complexity index is 891. The summed E-state index contributed by atoms with van der Waals surface area (Å²) < 4.78 is 40.4. The highest BCUT2D eigenvalue weighted by Crippen LogP contribution is 2.28. The van der Waals surface area contributed by atoms with Gasteiger partial charge in [-0.15, -0.1) is 0 Å². The van der Waals surface area contributed by atoms with Gasteiger partial charge in [0.1, 0.15) is 12.0 Å². The van der Waals surface area contributed by atoms with Crippen molar-refractivity contribution in [2.24, 2.45) is 0 Å². The molecule has 0 aromatic carbocycles. The molecule has 0 unspecified atom stereocenters. The molecule has 3 heterocycles. The molecule has 0 saturated carbocycles. The lowest BCUT2D eigenvalue weighted by Crippen LogP contribution is -2.19. The zero-order valence-corrected chi connectivity index (χ0v) is 12.8. The Balaban J connectivity index is 1.98. The summed E-state index contributed by atoms with van der Waals surface area (Å²) in [4.78, 5) is 27.3. The number of anilines is 1. The fourth-order valence-corrected chi connectivity index (χ4v) is 1.93. The van der Waals surface area contributed by atoms with Crippen LogP contribution in [0.25, 0.3) is 5.95 Å². The van der Waals surface area contributed by atoms with Crippen LogP contribution in [0, 0.1) is 6.92 Å². The van der Waals surface area contributed by atoms with Gasteiger partial charge in [-0.1, -0.05) is 0 Å². The van der Waals surface area contributed by atoms with Gasteiger partial charge in [-0.2, -0.15) is 13.2 Å². The molecule has 3 rings (SSSR count). The molecule has 0 aliphatic carbocycles. The fourth-order valence-electron chi connectivity index (χ4n) is 1.93. The number of pyridine rings is 1. The highest BCUT2D eigenvalue weighted by molar-refractivity contribution is 6.02. The second-order valence-electron chi connectivity index (χ2n) is 5.05. The van der Waals surface area contributed by atoms with Crippen LogP contribution in [0.1, 0.15) is 21.9 Å². The molecular weight excluding hydrogens is 337 g/mol. The van der Waals surface area contributed by atoms with Crippen molar-refractivity contribution in [3.8, 4) is 5.95 Å². The number of carbonyl (C=O) groups is 1. The van der Waals surface area contributed by atoms with E-state index in [9.17, 15) is 18.0 Å². The van der Waals surface area contributed by atoms with Crippen molar-refractivity contribution < 1.29 is 18.0 Å². The molecule has 3 aromatic heterocycles. The Labute approximate surface area is 139 Å². The first-order valence-corrected chi connectivity index (χ1v) is 7.01. The van der Waals surface area contributed by atoms with Crippen LogP contribution in [-0.2, 0) is 6.18 Å². The van der Waals surface area contributed by atoms with Crippen LogP contribution in [0.15, 0.2) is 43.1 Å². The maximum Gasteiger partial charge on any atom is 0.433 e. The number of hydrogen-bond acceptors (Lipinski definition) is 5. The Morgan fingerprint density at radius 1 is 1.24 bits per heavy atom. The molecule has 128 valence electrons. The Morgan fingerprint density at radius 3 is 2.64 bits per heavy atom. The number of hydrogen-bond donors (Lipinski definition) is 1. The van der Waals surface area contributed by atoms with Gasteiger partial charge in [0, 0.05) is 24.2 Å². The summed E-state index contributed by atoms with van der Waals surface area (Å²) in [6.07, 6.45) is 0.651. The lowest BCUT2D eigenvalue weighted by Gasteiger charge is -2.11. The van der Waals surface area contributed by atoms with Crippen LogP contribution in [0.5, 0.6) is 0 Å². The van der Waals surface area contributed by atoms with Gasteiger partial charge in [0.15, 0.2) is 5.69 Å². The zero-order chi connectivity index (χ0) is 18.0. The topological polar surface area (TPSA) is 85.6 Å². The SMILES string of the molecule is Cc1ccc(NC(=O)c2cc(C(F)(F)F)nc(-n3ccnc3)n2)cn1. The summed E-state index contributed by atoms with van der Waals surface area (Å²) in [5.74, 6) is -1.11. The fraction of sp³-hybridized carbons (Fsp3) is 0.133. The van der Waals surface area contributed by atoms with Crippen LogP contribution in [0.2, 0.25) is 0 Å². The van der Waals surface area contributed by atoms with Gasteiger partial charge >= 0.3 is 6.18 Å². The molecular formula is C15H11F3N6O. The van der Waals surface area contributed by atoms with E-state index in [4.69, 9.17) is 0 Å². The number of imidazole rings is 1. The van der Waals surface area contributed by atoms with Crippen LogP contribution in [0.4, 0.5) is 18.9 Å². The third kappa shape index (κ3) is 3.79. The number of amides is 1. The van der Waals surface area contributed by atoms with Gasteiger partial charge in [-0.05, 0) is 19.1 Å². The van der Waals surface area contributed by atoms with Crippen LogP contribution in [-0.4, -0.2) is 30.4 Å². The monoisotopic (exact) mass is 348 g/mol. The van der Waals surface area contributed by atoms with E-state index in [1.54, 1.807) is 19.1 Å². The van der Waals surface area contributed by atoms with Crippen molar-refractivity contribution >= 4 is 11.6 Å². The Hall–Kier alpha value is -3.30. The molecule has 10 heteroatoms. The highest BCUT2D eigenvalue weighted by Gasteiger charge is 2.34.